The van der Waals surface area contributed by atoms with Crippen molar-refractivity contribution in [3.8, 4) is 0 Å². The van der Waals surface area contributed by atoms with Crippen LogP contribution in [0, 0.1) is 0 Å². The molecule has 2 aliphatic rings. The SMILES string of the molecule is C(OCC1CO1)C1CO1.C=CC(=O)OC(O)C=C. The van der Waals surface area contributed by atoms with Crippen LogP contribution >= 0.6 is 0 Å². The molecular weight excluding hydrogens is 240 g/mol. The molecule has 3 unspecified atom stereocenters. The highest BCUT2D eigenvalue weighted by Crippen LogP contribution is 2.12. The van der Waals surface area contributed by atoms with Gasteiger partial charge in [-0.05, 0) is 6.08 Å². The van der Waals surface area contributed by atoms with Crippen LogP contribution in [0.1, 0.15) is 0 Å². The molecule has 0 radical (unpaired) electrons. The minimum absolute atomic E-state index is 0.392. The minimum Gasteiger partial charge on any atom is -0.429 e. The molecule has 2 heterocycles. The lowest BCUT2D eigenvalue weighted by Gasteiger charge is -2.02. The van der Waals surface area contributed by atoms with Crippen molar-refractivity contribution < 1.29 is 28.8 Å². The molecule has 6 heteroatoms. The molecule has 2 aliphatic heterocycles. The van der Waals surface area contributed by atoms with Crippen LogP contribution in [-0.4, -0.2) is 56.0 Å². The first kappa shape index (κ1) is 14.8. The number of esters is 1. The lowest BCUT2D eigenvalue weighted by molar-refractivity contribution is -0.154. The Morgan fingerprint density at radius 2 is 1.83 bits per heavy atom. The monoisotopic (exact) mass is 258 g/mol. The van der Waals surface area contributed by atoms with Crippen molar-refractivity contribution in [3.63, 3.8) is 0 Å². The first-order chi connectivity index (χ1) is 8.65. The predicted molar refractivity (Wildman–Crippen MR) is 62.8 cm³/mol. The molecule has 0 amide bonds. The van der Waals surface area contributed by atoms with Crippen molar-refractivity contribution in [1.29, 1.82) is 0 Å². The fraction of sp³-hybridized carbons (Fsp3) is 0.583. The first-order valence-electron chi connectivity index (χ1n) is 5.60. The van der Waals surface area contributed by atoms with Crippen LogP contribution in [0.4, 0.5) is 0 Å². The molecule has 0 aromatic rings. The molecule has 0 aromatic carbocycles. The van der Waals surface area contributed by atoms with E-state index in [1.165, 1.54) is 0 Å². The molecule has 0 saturated carbocycles. The number of epoxide rings is 2. The molecule has 0 aliphatic carbocycles. The molecule has 2 saturated heterocycles. The van der Waals surface area contributed by atoms with Gasteiger partial charge in [-0.15, -0.1) is 0 Å². The summed E-state index contributed by atoms with van der Waals surface area (Å²) in [7, 11) is 0. The molecule has 0 bridgehead atoms. The molecular formula is C12H18O6. The van der Waals surface area contributed by atoms with Crippen LogP contribution in [-0.2, 0) is 23.7 Å². The van der Waals surface area contributed by atoms with Gasteiger partial charge in [0, 0.05) is 6.08 Å². The number of carbonyl (C=O) groups excluding carboxylic acids is 1. The second-order valence-electron chi connectivity index (χ2n) is 3.72. The van der Waals surface area contributed by atoms with E-state index in [2.05, 4.69) is 17.9 Å². The van der Waals surface area contributed by atoms with Crippen LogP contribution in [0.25, 0.3) is 0 Å². The summed E-state index contributed by atoms with van der Waals surface area (Å²) in [6, 6.07) is 0. The fourth-order valence-electron chi connectivity index (χ4n) is 0.875. The highest BCUT2D eigenvalue weighted by atomic mass is 16.6. The average Bonchev–Trinajstić information content (AvgIpc) is 3.23. The van der Waals surface area contributed by atoms with Gasteiger partial charge >= 0.3 is 5.97 Å². The van der Waals surface area contributed by atoms with Crippen molar-refractivity contribution in [2.24, 2.45) is 0 Å². The molecule has 0 aromatic heterocycles. The molecule has 0 spiro atoms. The second kappa shape index (κ2) is 7.99. The third kappa shape index (κ3) is 7.97. The summed E-state index contributed by atoms with van der Waals surface area (Å²) in [5.74, 6) is -0.664. The summed E-state index contributed by atoms with van der Waals surface area (Å²) in [5, 5.41) is 8.55. The van der Waals surface area contributed by atoms with E-state index in [1.807, 2.05) is 0 Å². The molecule has 6 nitrogen and oxygen atoms in total. The Kier molecular flexibility index (Phi) is 6.59. The topological polar surface area (TPSA) is 80.8 Å². The maximum absolute atomic E-state index is 10.2. The van der Waals surface area contributed by atoms with Gasteiger partial charge in [-0.3, -0.25) is 0 Å². The van der Waals surface area contributed by atoms with Crippen molar-refractivity contribution in [1.82, 2.24) is 0 Å². The van der Waals surface area contributed by atoms with E-state index in [0.29, 0.717) is 12.2 Å². The van der Waals surface area contributed by atoms with Crippen molar-refractivity contribution in [2.75, 3.05) is 26.4 Å². The molecule has 2 rings (SSSR count). The van der Waals surface area contributed by atoms with Gasteiger partial charge in [-0.25, -0.2) is 4.79 Å². The summed E-state index contributed by atoms with van der Waals surface area (Å²) in [4.78, 5) is 10.2. The zero-order valence-electron chi connectivity index (χ0n) is 10.1. The molecule has 102 valence electrons. The summed E-state index contributed by atoms with van der Waals surface area (Å²) in [6.07, 6.45) is 1.62. The van der Waals surface area contributed by atoms with Gasteiger partial charge in [0.25, 0.3) is 0 Å². The average molecular weight is 258 g/mol. The van der Waals surface area contributed by atoms with E-state index in [1.54, 1.807) is 0 Å². The van der Waals surface area contributed by atoms with Gasteiger partial charge < -0.3 is 24.1 Å². The Balaban J connectivity index is 0.000000180. The highest BCUT2D eigenvalue weighted by Gasteiger charge is 2.26. The number of carbonyl (C=O) groups is 1. The standard InChI is InChI=1S/C6H10O3.C6H8O3/c1(5-3-8-5)7-2-6-4-9-6;1-3-5(7)9-6(8)4-2/h5-6H,1-4H2;3-5,7H,1-2H2. The van der Waals surface area contributed by atoms with Gasteiger partial charge in [-0.1, -0.05) is 13.2 Å². The number of aliphatic hydroxyl groups is 1. The van der Waals surface area contributed by atoms with E-state index in [0.717, 1.165) is 38.6 Å². The summed E-state index contributed by atoms with van der Waals surface area (Å²) in [6.45, 7) is 9.58. The zero-order chi connectivity index (χ0) is 13.4. The van der Waals surface area contributed by atoms with E-state index in [9.17, 15) is 4.79 Å². The fourth-order valence-corrected chi connectivity index (χ4v) is 0.875. The summed E-state index contributed by atoms with van der Waals surface area (Å²) >= 11 is 0. The maximum atomic E-state index is 10.2. The number of hydrogen-bond donors (Lipinski definition) is 1. The quantitative estimate of drug-likeness (QED) is 0.228. The Morgan fingerprint density at radius 3 is 2.17 bits per heavy atom. The number of rotatable bonds is 7. The third-order valence-electron chi connectivity index (χ3n) is 2.02. The van der Waals surface area contributed by atoms with Gasteiger partial charge in [0.1, 0.15) is 12.2 Å². The first-order valence-corrected chi connectivity index (χ1v) is 5.60. The normalized spacial score (nSPS) is 25.2. The second-order valence-corrected chi connectivity index (χ2v) is 3.72. The molecule has 3 atom stereocenters. The lowest BCUT2D eigenvalue weighted by Crippen LogP contribution is -2.12. The number of hydrogen-bond acceptors (Lipinski definition) is 6. The van der Waals surface area contributed by atoms with Crippen LogP contribution in [0.3, 0.4) is 0 Å². The maximum Gasteiger partial charge on any atom is 0.332 e. The molecule has 1 N–H and O–H groups in total. The van der Waals surface area contributed by atoms with Crippen molar-refractivity contribution in [2.45, 2.75) is 18.5 Å². The summed E-state index contributed by atoms with van der Waals surface area (Å²) < 4.78 is 19.4. The van der Waals surface area contributed by atoms with Gasteiger partial charge in [0.15, 0.2) is 0 Å². The van der Waals surface area contributed by atoms with Crippen LogP contribution in [0.5, 0.6) is 0 Å². The Morgan fingerprint density at radius 1 is 1.33 bits per heavy atom. The third-order valence-corrected chi connectivity index (χ3v) is 2.02. The Labute approximate surface area is 106 Å². The van der Waals surface area contributed by atoms with Crippen LogP contribution < -0.4 is 0 Å². The number of aliphatic hydroxyl groups excluding tert-OH is 1. The Hall–Kier alpha value is -1.21. The number of ether oxygens (including phenoxy) is 4. The minimum atomic E-state index is -1.23. The molecule has 2 fully saturated rings. The Bertz CT molecular complexity index is 270. The van der Waals surface area contributed by atoms with Crippen LogP contribution in [0.15, 0.2) is 25.3 Å². The molecule has 18 heavy (non-hydrogen) atoms. The zero-order valence-corrected chi connectivity index (χ0v) is 10.1. The van der Waals surface area contributed by atoms with E-state index in [-0.39, 0.29) is 0 Å². The predicted octanol–water partition coefficient (Wildman–Crippen LogP) is 0.0206. The largest absolute Gasteiger partial charge is 0.429 e. The highest BCUT2D eigenvalue weighted by molar-refractivity contribution is 5.81. The van der Waals surface area contributed by atoms with E-state index < -0.39 is 12.3 Å². The van der Waals surface area contributed by atoms with Crippen LogP contribution in [0.2, 0.25) is 0 Å². The summed E-state index contributed by atoms with van der Waals surface area (Å²) in [5.41, 5.74) is 0. The van der Waals surface area contributed by atoms with Gasteiger partial charge in [0.2, 0.25) is 6.29 Å². The van der Waals surface area contributed by atoms with Crippen molar-refractivity contribution >= 4 is 5.97 Å². The van der Waals surface area contributed by atoms with E-state index in [4.69, 9.17) is 19.3 Å². The van der Waals surface area contributed by atoms with Gasteiger partial charge in [-0.2, -0.15) is 0 Å². The smallest absolute Gasteiger partial charge is 0.332 e. The van der Waals surface area contributed by atoms with Gasteiger partial charge in [0.05, 0.1) is 26.4 Å². The van der Waals surface area contributed by atoms with Crippen molar-refractivity contribution in [3.05, 3.63) is 25.3 Å². The lowest BCUT2D eigenvalue weighted by atomic mass is 10.5. The van der Waals surface area contributed by atoms with E-state index >= 15 is 0 Å².